The molecule has 1 heterocycles. The fourth-order valence-corrected chi connectivity index (χ4v) is 1.44. The van der Waals surface area contributed by atoms with E-state index in [1.807, 2.05) is 13.8 Å². The highest BCUT2D eigenvalue weighted by Gasteiger charge is 2.29. The zero-order chi connectivity index (χ0) is 10.0. The largest absolute Gasteiger partial charge is 0.391 e. The molecule has 4 heteroatoms. The van der Waals surface area contributed by atoms with E-state index in [4.69, 9.17) is 5.73 Å². The predicted molar refractivity (Wildman–Crippen MR) is 50.0 cm³/mol. The van der Waals surface area contributed by atoms with E-state index in [2.05, 4.69) is 0 Å². The molecule has 1 amide bonds. The zero-order valence-corrected chi connectivity index (χ0v) is 8.23. The van der Waals surface area contributed by atoms with Crippen molar-refractivity contribution in [2.75, 3.05) is 13.1 Å². The van der Waals surface area contributed by atoms with Gasteiger partial charge in [-0.2, -0.15) is 0 Å². The highest BCUT2D eigenvalue weighted by atomic mass is 16.3. The third kappa shape index (κ3) is 2.42. The van der Waals surface area contributed by atoms with Crippen molar-refractivity contribution in [3.63, 3.8) is 0 Å². The van der Waals surface area contributed by atoms with Crippen LogP contribution in [0.25, 0.3) is 0 Å². The van der Waals surface area contributed by atoms with E-state index in [9.17, 15) is 9.90 Å². The third-order valence-corrected chi connectivity index (χ3v) is 2.48. The molecule has 1 aliphatic heterocycles. The van der Waals surface area contributed by atoms with Crippen LogP contribution in [0, 0.1) is 5.92 Å². The molecule has 0 radical (unpaired) electrons. The Labute approximate surface area is 78.7 Å². The van der Waals surface area contributed by atoms with Gasteiger partial charge >= 0.3 is 0 Å². The van der Waals surface area contributed by atoms with Gasteiger partial charge < -0.3 is 15.7 Å². The molecule has 1 saturated heterocycles. The van der Waals surface area contributed by atoms with E-state index < -0.39 is 6.04 Å². The van der Waals surface area contributed by atoms with E-state index in [-0.39, 0.29) is 17.9 Å². The minimum Gasteiger partial charge on any atom is -0.391 e. The summed E-state index contributed by atoms with van der Waals surface area (Å²) in [5, 5.41) is 9.23. The fraction of sp³-hybridized carbons (Fsp3) is 0.889. The summed E-state index contributed by atoms with van der Waals surface area (Å²) in [6, 6.07) is -0.426. The number of hydrogen-bond donors (Lipinski definition) is 2. The molecule has 0 saturated carbocycles. The summed E-state index contributed by atoms with van der Waals surface area (Å²) >= 11 is 0. The lowest BCUT2D eigenvalue weighted by Gasteiger charge is -2.22. The smallest absolute Gasteiger partial charge is 0.239 e. The fourth-order valence-electron chi connectivity index (χ4n) is 1.44. The summed E-state index contributed by atoms with van der Waals surface area (Å²) in [5.74, 6) is 0.122. The Morgan fingerprint density at radius 2 is 2.23 bits per heavy atom. The van der Waals surface area contributed by atoms with Gasteiger partial charge in [0.05, 0.1) is 12.1 Å². The maximum Gasteiger partial charge on any atom is 0.239 e. The summed E-state index contributed by atoms with van der Waals surface area (Å²) in [6.07, 6.45) is 0.319. The predicted octanol–water partition coefficient (Wildman–Crippen LogP) is -0.437. The van der Waals surface area contributed by atoms with Crippen molar-refractivity contribution in [1.29, 1.82) is 0 Å². The van der Waals surface area contributed by atoms with Crippen LogP contribution in [0.1, 0.15) is 20.3 Å². The van der Waals surface area contributed by atoms with Crippen LogP contribution >= 0.6 is 0 Å². The molecule has 2 atom stereocenters. The molecule has 1 unspecified atom stereocenters. The standard InChI is InChI=1S/C9H18N2O2/c1-6(2)8(10)9(13)11-4-3-7(12)5-11/h6-8,12H,3-5,10H2,1-2H3/t7?,8-/m1/s1. The Morgan fingerprint density at radius 3 is 2.62 bits per heavy atom. The van der Waals surface area contributed by atoms with Crippen LogP contribution in [0.4, 0.5) is 0 Å². The van der Waals surface area contributed by atoms with Crippen LogP contribution in [0.15, 0.2) is 0 Å². The van der Waals surface area contributed by atoms with Gasteiger partial charge in [-0.1, -0.05) is 13.8 Å². The van der Waals surface area contributed by atoms with E-state index in [0.29, 0.717) is 19.5 Å². The quantitative estimate of drug-likeness (QED) is 0.614. The first kappa shape index (κ1) is 10.5. The van der Waals surface area contributed by atoms with Crippen molar-refractivity contribution >= 4 is 5.91 Å². The lowest BCUT2D eigenvalue weighted by atomic mass is 10.0. The number of amides is 1. The van der Waals surface area contributed by atoms with Crippen LogP contribution in [0.3, 0.4) is 0 Å². The van der Waals surface area contributed by atoms with Gasteiger partial charge in [0.1, 0.15) is 0 Å². The van der Waals surface area contributed by atoms with Gasteiger partial charge in [-0.3, -0.25) is 4.79 Å². The van der Waals surface area contributed by atoms with Gasteiger partial charge in [0, 0.05) is 13.1 Å². The molecule has 1 rings (SSSR count). The second-order valence-corrected chi connectivity index (χ2v) is 4.00. The van der Waals surface area contributed by atoms with Crippen LogP contribution < -0.4 is 5.73 Å². The molecular weight excluding hydrogens is 168 g/mol. The maximum absolute atomic E-state index is 11.6. The average Bonchev–Trinajstić information content (AvgIpc) is 2.49. The maximum atomic E-state index is 11.6. The van der Waals surface area contributed by atoms with Crippen molar-refractivity contribution in [2.24, 2.45) is 11.7 Å². The highest BCUT2D eigenvalue weighted by molar-refractivity contribution is 5.82. The lowest BCUT2D eigenvalue weighted by molar-refractivity contribution is -0.132. The number of hydrogen-bond acceptors (Lipinski definition) is 3. The first-order valence-corrected chi connectivity index (χ1v) is 4.74. The van der Waals surface area contributed by atoms with Gasteiger partial charge in [0.2, 0.25) is 5.91 Å². The number of carbonyl (C=O) groups is 1. The molecule has 13 heavy (non-hydrogen) atoms. The number of nitrogens with zero attached hydrogens (tertiary/aromatic N) is 1. The molecule has 0 aromatic carbocycles. The van der Waals surface area contributed by atoms with Gasteiger partial charge in [0.15, 0.2) is 0 Å². The summed E-state index contributed by atoms with van der Waals surface area (Å²) in [4.78, 5) is 13.3. The van der Waals surface area contributed by atoms with Crippen LogP contribution in [-0.4, -0.2) is 41.1 Å². The van der Waals surface area contributed by atoms with Gasteiger partial charge in [-0.05, 0) is 12.3 Å². The van der Waals surface area contributed by atoms with Crippen LogP contribution in [0.5, 0.6) is 0 Å². The molecule has 1 fully saturated rings. The topological polar surface area (TPSA) is 66.6 Å². The van der Waals surface area contributed by atoms with Crippen molar-refractivity contribution in [3.05, 3.63) is 0 Å². The second-order valence-electron chi connectivity index (χ2n) is 4.00. The molecule has 1 aliphatic rings. The molecule has 0 bridgehead atoms. The Kier molecular flexibility index (Phi) is 3.27. The molecule has 76 valence electrons. The first-order chi connectivity index (χ1) is 6.02. The minimum atomic E-state index is -0.426. The third-order valence-electron chi connectivity index (χ3n) is 2.48. The zero-order valence-electron chi connectivity index (χ0n) is 8.23. The first-order valence-electron chi connectivity index (χ1n) is 4.74. The van der Waals surface area contributed by atoms with Crippen molar-refractivity contribution in [2.45, 2.75) is 32.4 Å². The number of rotatable bonds is 2. The Bertz CT molecular complexity index is 194. The molecule has 0 spiro atoms. The van der Waals surface area contributed by atoms with Gasteiger partial charge in [-0.15, -0.1) is 0 Å². The Balaban J connectivity index is 2.48. The Hall–Kier alpha value is -0.610. The number of nitrogens with two attached hydrogens (primary N) is 1. The second kappa shape index (κ2) is 4.07. The van der Waals surface area contributed by atoms with Crippen LogP contribution in [0.2, 0.25) is 0 Å². The molecule has 3 N–H and O–H groups in total. The molecule has 0 aromatic rings. The highest BCUT2D eigenvalue weighted by Crippen LogP contribution is 2.12. The summed E-state index contributed by atoms with van der Waals surface area (Å²) in [7, 11) is 0. The van der Waals surface area contributed by atoms with Crippen LogP contribution in [-0.2, 0) is 4.79 Å². The molecular formula is C9H18N2O2. The summed E-state index contributed by atoms with van der Waals surface area (Å²) in [6.45, 7) is 4.93. The molecule has 0 aliphatic carbocycles. The summed E-state index contributed by atoms with van der Waals surface area (Å²) in [5.41, 5.74) is 5.71. The SMILES string of the molecule is CC(C)[C@@H](N)C(=O)N1CCC(O)C1. The number of β-amino-alcohol motifs (C(OH)–C–C–N with tert-alkyl or cyclic N) is 1. The van der Waals surface area contributed by atoms with E-state index in [1.54, 1.807) is 4.90 Å². The lowest BCUT2D eigenvalue weighted by Crippen LogP contribution is -2.45. The van der Waals surface area contributed by atoms with Crippen molar-refractivity contribution in [1.82, 2.24) is 4.90 Å². The summed E-state index contributed by atoms with van der Waals surface area (Å²) < 4.78 is 0. The van der Waals surface area contributed by atoms with Gasteiger partial charge in [0.25, 0.3) is 0 Å². The molecule has 0 aromatic heterocycles. The Morgan fingerprint density at radius 1 is 1.62 bits per heavy atom. The normalized spacial score (nSPS) is 25.3. The van der Waals surface area contributed by atoms with Crippen molar-refractivity contribution < 1.29 is 9.90 Å². The number of aliphatic hydroxyl groups excluding tert-OH is 1. The van der Waals surface area contributed by atoms with Gasteiger partial charge in [-0.25, -0.2) is 0 Å². The van der Waals surface area contributed by atoms with E-state index in [1.165, 1.54) is 0 Å². The van der Waals surface area contributed by atoms with E-state index >= 15 is 0 Å². The average molecular weight is 186 g/mol. The number of aliphatic hydroxyl groups is 1. The van der Waals surface area contributed by atoms with E-state index in [0.717, 1.165) is 0 Å². The monoisotopic (exact) mass is 186 g/mol. The minimum absolute atomic E-state index is 0.0356. The number of likely N-dealkylation sites (tertiary alicyclic amines) is 1. The van der Waals surface area contributed by atoms with Crippen molar-refractivity contribution in [3.8, 4) is 0 Å². The molecule has 4 nitrogen and oxygen atoms in total. The number of carbonyl (C=O) groups excluding carboxylic acids is 1.